The molecule has 0 radical (unpaired) electrons. The molecule has 3 rings (SSSR count). The predicted molar refractivity (Wildman–Crippen MR) is 97.9 cm³/mol. The minimum Gasteiger partial charge on any atom is -0.456 e. The Morgan fingerprint density at radius 3 is 2.62 bits per heavy atom. The van der Waals surface area contributed by atoms with Crippen molar-refractivity contribution in [2.24, 2.45) is 0 Å². The molecule has 0 bridgehead atoms. The van der Waals surface area contributed by atoms with Crippen LogP contribution in [0.4, 0.5) is 0 Å². The second-order valence-corrected chi connectivity index (χ2v) is 6.92. The first-order valence-electron chi connectivity index (χ1n) is 7.16. The molecule has 1 heterocycles. The fraction of sp³-hybridized carbons (Fsp3) is 0.111. The van der Waals surface area contributed by atoms with Crippen molar-refractivity contribution < 1.29 is 9.53 Å². The zero-order valence-electron chi connectivity index (χ0n) is 12.8. The van der Waals surface area contributed by atoms with Gasteiger partial charge in [-0.1, -0.05) is 59.1 Å². The summed E-state index contributed by atoms with van der Waals surface area (Å²) in [7, 11) is 0. The topological polar surface area (TPSA) is 39.2 Å². The summed E-state index contributed by atoms with van der Waals surface area (Å²) in [6, 6.07) is 13.0. The van der Waals surface area contributed by atoms with Crippen molar-refractivity contribution in [3.8, 4) is 10.6 Å². The zero-order chi connectivity index (χ0) is 17.1. The molecule has 2 aromatic carbocycles. The van der Waals surface area contributed by atoms with Crippen LogP contribution >= 0.6 is 34.5 Å². The number of carbonyl (C=O) groups excluding carboxylic acids is 1. The van der Waals surface area contributed by atoms with Crippen LogP contribution in [-0.4, -0.2) is 11.0 Å². The molecule has 1 aromatic heterocycles. The highest BCUT2D eigenvalue weighted by Gasteiger charge is 2.14. The third-order valence-electron chi connectivity index (χ3n) is 3.39. The van der Waals surface area contributed by atoms with Crippen LogP contribution in [0.3, 0.4) is 0 Å². The van der Waals surface area contributed by atoms with Gasteiger partial charge < -0.3 is 4.74 Å². The van der Waals surface area contributed by atoms with Gasteiger partial charge in [-0.3, -0.25) is 0 Å². The summed E-state index contributed by atoms with van der Waals surface area (Å²) in [5, 5.41) is 3.48. The van der Waals surface area contributed by atoms with Gasteiger partial charge in [-0.2, -0.15) is 0 Å². The number of nitrogens with zero attached hydrogens (tertiary/aromatic N) is 1. The number of aromatic nitrogens is 1. The molecule has 0 atom stereocenters. The van der Waals surface area contributed by atoms with E-state index in [0.29, 0.717) is 21.3 Å². The number of benzene rings is 2. The molecule has 0 saturated carbocycles. The molecule has 0 saturated heterocycles. The number of halogens is 2. The molecule has 0 aliphatic rings. The maximum absolute atomic E-state index is 12.1. The lowest BCUT2D eigenvalue weighted by molar-refractivity contribution is 0.0467. The van der Waals surface area contributed by atoms with Crippen molar-refractivity contribution in [1.29, 1.82) is 0 Å². The van der Waals surface area contributed by atoms with E-state index in [-0.39, 0.29) is 6.61 Å². The van der Waals surface area contributed by atoms with E-state index in [1.165, 1.54) is 16.9 Å². The van der Waals surface area contributed by atoms with Gasteiger partial charge in [0.05, 0.1) is 0 Å². The van der Waals surface area contributed by atoms with Crippen molar-refractivity contribution in [3.05, 3.63) is 74.7 Å². The Balaban J connectivity index is 1.68. The number of carbonyl (C=O) groups is 1. The Morgan fingerprint density at radius 1 is 1.17 bits per heavy atom. The number of hydrogen-bond acceptors (Lipinski definition) is 4. The molecule has 0 aliphatic heterocycles. The molecule has 3 aromatic rings. The Morgan fingerprint density at radius 2 is 1.92 bits per heavy atom. The molecule has 0 aliphatic carbocycles. The molecular weight excluding hydrogens is 365 g/mol. The van der Waals surface area contributed by atoms with E-state index in [9.17, 15) is 4.79 Å². The molecule has 3 nitrogen and oxygen atoms in total. The first kappa shape index (κ1) is 17.0. The summed E-state index contributed by atoms with van der Waals surface area (Å²) in [6.07, 6.45) is 0. The number of ether oxygens (including phenoxy) is 1. The van der Waals surface area contributed by atoms with Crippen molar-refractivity contribution in [2.75, 3.05) is 0 Å². The van der Waals surface area contributed by atoms with Gasteiger partial charge in [-0.05, 0) is 19.1 Å². The molecule has 0 amide bonds. The third kappa shape index (κ3) is 3.96. The molecular formula is C18H13Cl2NO2S. The van der Waals surface area contributed by atoms with E-state index in [1.54, 1.807) is 23.6 Å². The second-order valence-electron chi connectivity index (χ2n) is 5.22. The second kappa shape index (κ2) is 7.34. The SMILES string of the molecule is Cc1ccc(-c2nc(C(=O)OCc3ccc(Cl)cc3Cl)cs2)cc1. The molecule has 6 heteroatoms. The van der Waals surface area contributed by atoms with Crippen LogP contribution < -0.4 is 0 Å². The average Bonchev–Trinajstić information content (AvgIpc) is 3.04. The van der Waals surface area contributed by atoms with Gasteiger partial charge in [0.2, 0.25) is 0 Å². The maximum atomic E-state index is 12.1. The predicted octanol–water partition coefficient (Wildman–Crippen LogP) is 5.78. The number of hydrogen-bond donors (Lipinski definition) is 0. The number of rotatable bonds is 4. The van der Waals surface area contributed by atoms with Crippen molar-refractivity contribution >= 4 is 40.5 Å². The number of aryl methyl sites for hydroxylation is 1. The Bertz CT molecular complexity index is 875. The molecule has 0 unspecified atom stereocenters. The fourth-order valence-electron chi connectivity index (χ4n) is 2.05. The van der Waals surface area contributed by atoms with Crippen LogP contribution in [0, 0.1) is 6.92 Å². The Hall–Kier alpha value is -1.88. The number of esters is 1. The molecule has 0 fully saturated rings. The van der Waals surface area contributed by atoms with Gasteiger partial charge >= 0.3 is 5.97 Å². The number of thiazole rings is 1. The van der Waals surface area contributed by atoms with Crippen LogP contribution in [0.15, 0.2) is 47.8 Å². The average molecular weight is 378 g/mol. The Labute approximate surface area is 153 Å². The van der Waals surface area contributed by atoms with Crippen LogP contribution in [0.25, 0.3) is 10.6 Å². The smallest absolute Gasteiger partial charge is 0.358 e. The standard InChI is InChI=1S/C18H13Cl2NO2S/c1-11-2-4-12(5-3-11)17-21-16(10-24-17)18(22)23-9-13-6-7-14(19)8-15(13)20/h2-8,10H,9H2,1H3. The van der Waals surface area contributed by atoms with E-state index in [1.807, 2.05) is 31.2 Å². The summed E-state index contributed by atoms with van der Waals surface area (Å²) in [4.78, 5) is 16.5. The monoisotopic (exact) mass is 377 g/mol. The lowest BCUT2D eigenvalue weighted by atomic mass is 10.2. The van der Waals surface area contributed by atoms with Crippen molar-refractivity contribution in [2.45, 2.75) is 13.5 Å². The van der Waals surface area contributed by atoms with E-state index in [2.05, 4.69) is 4.98 Å². The highest BCUT2D eigenvalue weighted by Crippen LogP contribution is 2.25. The van der Waals surface area contributed by atoms with Crippen molar-refractivity contribution in [3.63, 3.8) is 0 Å². The summed E-state index contributed by atoms with van der Waals surface area (Å²) < 4.78 is 5.28. The minimum atomic E-state index is -0.476. The third-order valence-corrected chi connectivity index (χ3v) is 4.86. The van der Waals surface area contributed by atoms with E-state index < -0.39 is 5.97 Å². The van der Waals surface area contributed by atoms with Gasteiger partial charge in [0.1, 0.15) is 11.6 Å². The van der Waals surface area contributed by atoms with Crippen LogP contribution in [0.1, 0.15) is 21.6 Å². The normalized spacial score (nSPS) is 10.6. The first-order valence-corrected chi connectivity index (χ1v) is 8.80. The lowest BCUT2D eigenvalue weighted by Gasteiger charge is -2.05. The van der Waals surface area contributed by atoms with Crippen molar-refractivity contribution in [1.82, 2.24) is 4.98 Å². The molecule has 0 spiro atoms. The highest BCUT2D eigenvalue weighted by atomic mass is 35.5. The first-order chi connectivity index (χ1) is 11.5. The zero-order valence-corrected chi connectivity index (χ0v) is 15.1. The van der Waals surface area contributed by atoms with Crippen LogP contribution in [-0.2, 0) is 11.3 Å². The largest absolute Gasteiger partial charge is 0.456 e. The van der Waals surface area contributed by atoms with E-state index in [4.69, 9.17) is 27.9 Å². The molecule has 122 valence electrons. The lowest BCUT2D eigenvalue weighted by Crippen LogP contribution is -2.06. The van der Waals surface area contributed by atoms with Gasteiger partial charge in [0.25, 0.3) is 0 Å². The minimum absolute atomic E-state index is 0.0756. The van der Waals surface area contributed by atoms with E-state index in [0.717, 1.165) is 10.6 Å². The summed E-state index contributed by atoms with van der Waals surface area (Å²) in [6.45, 7) is 2.10. The van der Waals surface area contributed by atoms with Gasteiger partial charge in [-0.25, -0.2) is 9.78 Å². The van der Waals surface area contributed by atoms with E-state index >= 15 is 0 Å². The quantitative estimate of drug-likeness (QED) is 0.540. The summed E-state index contributed by atoms with van der Waals surface area (Å²) in [5.74, 6) is -0.476. The molecule has 0 N–H and O–H groups in total. The Kier molecular flexibility index (Phi) is 5.19. The van der Waals surface area contributed by atoms with Gasteiger partial charge in [-0.15, -0.1) is 11.3 Å². The fourth-order valence-corrected chi connectivity index (χ4v) is 3.31. The van der Waals surface area contributed by atoms with Gasteiger partial charge in [0, 0.05) is 26.6 Å². The molecule has 24 heavy (non-hydrogen) atoms. The van der Waals surface area contributed by atoms with Crippen LogP contribution in [0.2, 0.25) is 10.0 Å². The maximum Gasteiger partial charge on any atom is 0.358 e. The highest BCUT2D eigenvalue weighted by molar-refractivity contribution is 7.13. The van der Waals surface area contributed by atoms with Crippen LogP contribution in [0.5, 0.6) is 0 Å². The van der Waals surface area contributed by atoms with Gasteiger partial charge in [0.15, 0.2) is 5.69 Å². The summed E-state index contributed by atoms with van der Waals surface area (Å²) >= 11 is 13.3. The summed E-state index contributed by atoms with van der Waals surface area (Å²) in [5.41, 5.74) is 3.14.